The number of carbonyl (C=O) groups is 1. The van der Waals surface area contributed by atoms with Crippen LogP contribution in [0.2, 0.25) is 0 Å². The number of rotatable bonds is 6. The van der Waals surface area contributed by atoms with Crippen molar-refractivity contribution in [3.05, 3.63) is 42.1 Å². The van der Waals surface area contributed by atoms with Crippen molar-refractivity contribution >= 4 is 21.7 Å². The van der Waals surface area contributed by atoms with E-state index in [0.29, 0.717) is 17.7 Å². The van der Waals surface area contributed by atoms with Crippen molar-refractivity contribution in [3.63, 3.8) is 0 Å². The average molecular weight is 527 g/mol. The van der Waals surface area contributed by atoms with Crippen LogP contribution in [0.25, 0.3) is 0 Å². The summed E-state index contributed by atoms with van der Waals surface area (Å²) in [7, 11) is -4.21. The summed E-state index contributed by atoms with van der Waals surface area (Å²) in [5.41, 5.74) is 0.0246. The Bertz CT molecular complexity index is 1250. The number of anilines is 1. The number of sulfonamides is 1. The number of fused-ring (bicyclic) bond motifs is 1. The van der Waals surface area contributed by atoms with Crippen molar-refractivity contribution < 1.29 is 17.9 Å². The van der Waals surface area contributed by atoms with E-state index in [-0.39, 0.29) is 28.1 Å². The van der Waals surface area contributed by atoms with Crippen LogP contribution in [0.15, 0.2) is 41.6 Å². The van der Waals surface area contributed by atoms with Crippen molar-refractivity contribution in [2.45, 2.75) is 88.8 Å². The molecule has 3 fully saturated rings. The zero-order valence-electron chi connectivity index (χ0n) is 22.0. The fourth-order valence-corrected chi connectivity index (χ4v) is 7.27. The number of hydrogen-bond acceptors (Lipinski definition) is 7. The molecule has 8 nitrogen and oxygen atoms in total. The molecular weight excluding hydrogens is 488 g/mol. The van der Waals surface area contributed by atoms with Crippen molar-refractivity contribution in [2.24, 2.45) is 17.8 Å². The van der Waals surface area contributed by atoms with Crippen LogP contribution < -0.4 is 14.4 Å². The van der Waals surface area contributed by atoms with E-state index in [2.05, 4.69) is 40.4 Å². The first kappa shape index (κ1) is 25.9. The molecule has 2 aromatic rings. The third kappa shape index (κ3) is 5.33. The molecule has 9 heteroatoms. The number of nitrogens with one attached hydrogen (secondary N) is 1. The quantitative estimate of drug-likeness (QED) is 0.568. The molecule has 0 radical (unpaired) electrons. The normalized spacial score (nSPS) is 27.4. The van der Waals surface area contributed by atoms with Gasteiger partial charge in [0.25, 0.3) is 15.9 Å². The van der Waals surface area contributed by atoms with Gasteiger partial charge in [-0.05, 0) is 75.5 Å². The first-order valence-electron chi connectivity index (χ1n) is 13.6. The summed E-state index contributed by atoms with van der Waals surface area (Å²) in [6.07, 6.45) is 10.9. The fraction of sp³-hybridized carbons (Fsp3) is 0.607. The van der Waals surface area contributed by atoms with E-state index in [9.17, 15) is 13.2 Å². The Kier molecular flexibility index (Phi) is 7.18. The molecule has 0 bridgehead atoms. The van der Waals surface area contributed by atoms with Gasteiger partial charge in [-0.1, -0.05) is 38.7 Å². The number of hydrogen-bond donors (Lipinski definition) is 1. The van der Waals surface area contributed by atoms with E-state index in [1.807, 2.05) is 0 Å². The minimum absolute atomic E-state index is 0.0450. The molecule has 1 N–H and O–H groups in total. The second-order valence-electron chi connectivity index (χ2n) is 11.5. The maximum absolute atomic E-state index is 13.2. The predicted molar refractivity (Wildman–Crippen MR) is 142 cm³/mol. The molecule has 0 aromatic carbocycles. The first-order valence-corrected chi connectivity index (χ1v) is 15.1. The lowest BCUT2D eigenvalue weighted by molar-refractivity contribution is 0.0615. The second-order valence-corrected chi connectivity index (χ2v) is 13.1. The lowest BCUT2D eigenvalue weighted by Gasteiger charge is -2.39. The van der Waals surface area contributed by atoms with E-state index < -0.39 is 15.9 Å². The summed E-state index contributed by atoms with van der Waals surface area (Å²) in [6.45, 7) is 7.17. The van der Waals surface area contributed by atoms with Gasteiger partial charge in [-0.2, -0.15) is 13.4 Å². The summed E-state index contributed by atoms with van der Waals surface area (Å²) in [4.78, 5) is 24.0. The van der Waals surface area contributed by atoms with Crippen molar-refractivity contribution in [1.29, 1.82) is 0 Å². The highest BCUT2D eigenvalue weighted by atomic mass is 32.2. The molecule has 2 aromatic heterocycles. The molecule has 3 aliphatic rings. The number of aromatic nitrogens is 2. The Morgan fingerprint density at radius 2 is 1.84 bits per heavy atom. The first-order chi connectivity index (χ1) is 17.6. The Labute approximate surface area is 220 Å². The van der Waals surface area contributed by atoms with Gasteiger partial charge in [0, 0.05) is 24.3 Å². The van der Waals surface area contributed by atoms with Gasteiger partial charge in [-0.15, -0.1) is 0 Å². The van der Waals surface area contributed by atoms with Crippen molar-refractivity contribution in [3.8, 4) is 5.88 Å². The van der Waals surface area contributed by atoms with E-state index >= 15 is 0 Å². The SMILES string of the molecule is CC1CCN(c2ncccc2C(=O)NS(=O)(=O)c2cccc(OC3CCC4CCCCC4C3)n2)C1(C)C. The topological polar surface area (TPSA) is 101 Å². The maximum atomic E-state index is 13.2. The molecule has 37 heavy (non-hydrogen) atoms. The third-order valence-electron chi connectivity index (χ3n) is 8.95. The summed E-state index contributed by atoms with van der Waals surface area (Å²) in [5, 5.41) is -0.231. The maximum Gasteiger partial charge on any atom is 0.281 e. The van der Waals surface area contributed by atoms with Gasteiger partial charge < -0.3 is 9.64 Å². The minimum atomic E-state index is -4.21. The van der Waals surface area contributed by atoms with E-state index in [1.165, 1.54) is 31.7 Å². The summed E-state index contributed by atoms with van der Waals surface area (Å²) in [6, 6.07) is 7.93. The molecule has 1 aliphatic heterocycles. The molecule has 0 spiro atoms. The third-order valence-corrected chi connectivity index (χ3v) is 10.2. The zero-order valence-corrected chi connectivity index (χ0v) is 22.8. The van der Waals surface area contributed by atoms with Crippen molar-refractivity contribution in [2.75, 3.05) is 11.4 Å². The lowest BCUT2D eigenvalue weighted by Crippen LogP contribution is -2.43. The highest BCUT2D eigenvalue weighted by molar-refractivity contribution is 7.90. The smallest absolute Gasteiger partial charge is 0.281 e. The standard InChI is InChI=1S/C28H38N4O4S/c1-19-15-17-32(28(19,2)3)26-23(10-7-16-29-26)27(33)31-37(34,35)25-12-6-11-24(30-25)36-22-14-13-20-8-4-5-9-21(20)18-22/h6-7,10-12,16,19-22H,4-5,8-9,13-15,17-18H2,1-3H3,(H,31,33). The average Bonchev–Trinajstić information content (AvgIpc) is 3.15. The van der Waals surface area contributed by atoms with E-state index in [1.54, 1.807) is 30.5 Å². The summed E-state index contributed by atoms with van der Waals surface area (Å²) < 4.78 is 34.7. The molecular formula is C28H38N4O4S. The number of nitrogens with zero attached hydrogens (tertiary/aromatic N) is 3. The number of ether oxygens (including phenoxy) is 1. The molecule has 1 saturated heterocycles. The number of carbonyl (C=O) groups excluding carboxylic acids is 1. The molecule has 5 rings (SSSR count). The summed E-state index contributed by atoms with van der Waals surface area (Å²) >= 11 is 0. The Hall–Kier alpha value is -2.68. The van der Waals surface area contributed by atoms with Gasteiger partial charge in [0.05, 0.1) is 5.56 Å². The van der Waals surface area contributed by atoms with Crippen LogP contribution >= 0.6 is 0 Å². The molecule has 4 unspecified atom stereocenters. The predicted octanol–water partition coefficient (Wildman–Crippen LogP) is 4.96. The fourth-order valence-electron chi connectivity index (χ4n) is 6.35. The molecule has 2 aliphatic carbocycles. The summed E-state index contributed by atoms with van der Waals surface area (Å²) in [5.74, 6) is 1.96. The highest BCUT2D eigenvalue weighted by Crippen LogP contribution is 2.41. The monoisotopic (exact) mass is 526 g/mol. The second kappa shape index (κ2) is 10.2. The minimum Gasteiger partial charge on any atom is -0.474 e. The molecule has 1 amide bonds. The van der Waals surface area contributed by atoms with Gasteiger partial charge in [-0.25, -0.2) is 9.71 Å². The Balaban J connectivity index is 1.30. The lowest BCUT2D eigenvalue weighted by atomic mass is 9.70. The molecule has 3 heterocycles. The van der Waals surface area contributed by atoms with Crippen LogP contribution in [-0.2, 0) is 10.0 Å². The number of pyridine rings is 2. The van der Waals surface area contributed by atoms with Gasteiger partial charge in [0.1, 0.15) is 11.9 Å². The van der Waals surface area contributed by atoms with E-state index in [4.69, 9.17) is 4.74 Å². The number of amides is 1. The Morgan fingerprint density at radius 3 is 2.59 bits per heavy atom. The van der Waals surface area contributed by atoms with Crippen LogP contribution in [0.3, 0.4) is 0 Å². The molecule has 200 valence electrons. The van der Waals surface area contributed by atoms with Gasteiger partial charge in [0.2, 0.25) is 5.88 Å². The van der Waals surface area contributed by atoms with Crippen LogP contribution in [0.5, 0.6) is 5.88 Å². The van der Waals surface area contributed by atoms with Crippen LogP contribution in [0.1, 0.15) is 82.5 Å². The Morgan fingerprint density at radius 1 is 1.05 bits per heavy atom. The van der Waals surface area contributed by atoms with Gasteiger partial charge >= 0.3 is 0 Å². The zero-order chi connectivity index (χ0) is 26.2. The van der Waals surface area contributed by atoms with Crippen LogP contribution in [0, 0.1) is 17.8 Å². The van der Waals surface area contributed by atoms with Gasteiger partial charge in [-0.3, -0.25) is 4.79 Å². The van der Waals surface area contributed by atoms with Crippen LogP contribution in [-0.4, -0.2) is 42.5 Å². The van der Waals surface area contributed by atoms with Crippen molar-refractivity contribution in [1.82, 2.24) is 14.7 Å². The molecule has 2 saturated carbocycles. The van der Waals surface area contributed by atoms with E-state index in [0.717, 1.165) is 38.1 Å². The van der Waals surface area contributed by atoms with Crippen LogP contribution in [0.4, 0.5) is 5.82 Å². The largest absolute Gasteiger partial charge is 0.474 e. The molecule has 4 atom stereocenters. The van der Waals surface area contributed by atoms with Gasteiger partial charge in [0.15, 0.2) is 5.03 Å². The highest BCUT2D eigenvalue weighted by Gasteiger charge is 2.41.